The quantitative estimate of drug-likeness (QED) is 0.345. The van der Waals surface area contributed by atoms with Crippen molar-refractivity contribution in [2.45, 2.75) is 20.0 Å². The molecule has 1 atom stereocenters. The van der Waals surface area contributed by atoms with E-state index in [2.05, 4.69) is 27.3 Å². The molecule has 1 aliphatic rings. The number of hydrogen-bond acceptors (Lipinski definition) is 3. The summed E-state index contributed by atoms with van der Waals surface area (Å²) in [4.78, 5) is 15.4. The maximum atomic E-state index is 13.6. The Balaban J connectivity index is 1.61. The van der Waals surface area contributed by atoms with Crippen molar-refractivity contribution in [2.75, 3.05) is 10.2 Å². The molecule has 0 bridgehead atoms. The summed E-state index contributed by atoms with van der Waals surface area (Å²) in [5.41, 5.74) is 5.49. The Morgan fingerprint density at radius 3 is 2.35 bits per heavy atom. The van der Waals surface area contributed by atoms with Gasteiger partial charge in [-0.05, 0) is 73.5 Å². The van der Waals surface area contributed by atoms with Crippen LogP contribution in [0, 0.1) is 13.8 Å². The molecule has 3 aromatic carbocycles. The van der Waals surface area contributed by atoms with Gasteiger partial charge in [0.15, 0.2) is 6.17 Å². The lowest BCUT2D eigenvalue weighted by Crippen LogP contribution is -2.43. The minimum atomic E-state index is -0.451. The predicted octanol–water partition coefficient (Wildman–Crippen LogP) is 7.10. The third-order valence-corrected chi connectivity index (χ3v) is 5.96. The highest BCUT2D eigenvalue weighted by Crippen LogP contribution is 2.38. The number of nitrogens with zero attached hydrogens (tertiary/aromatic N) is 1. The summed E-state index contributed by atoms with van der Waals surface area (Å²) in [7, 11) is 0. The van der Waals surface area contributed by atoms with Gasteiger partial charge in [0.2, 0.25) is 0 Å². The Morgan fingerprint density at radius 1 is 0.903 bits per heavy atom. The molecule has 4 aromatic rings. The average molecular weight is 473 g/mol. The number of amides is 1. The van der Waals surface area contributed by atoms with Crippen LogP contribution >= 0.6 is 15.9 Å². The van der Waals surface area contributed by atoms with E-state index in [1.54, 1.807) is 4.90 Å². The number of benzene rings is 3. The molecular formula is C26H21BrN2O2. The maximum absolute atomic E-state index is 13.6. The second-order valence-corrected chi connectivity index (χ2v) is 8.74. The number of para-hydroxylation sites is 1. The molecule has 1 unspecified atom stereocenters. The molecule has 0 aliphatic carbocycles. The molecule has 0 saturated carbocycles. The summed E-state index contributed by atoms with van der Waals surface area (Å²) in [6.45, 7) is 4.08. The van der Waals surface area contributed by atoms with E-state index in [0.29, 0.717) is 11.3 Å². The average Bonchev–Trinajstić information content (AvgIpc) is 3.23. The number of fused-ring (bicyclic) bond motifs is 1. The van der Waals surface area contributed by atoms with Crippen LogP contribution < -0.4 is 10.2 Å². The van der Waals surface area contributed by atoms with Crippen molar-refractivity contribution in [1.82, 2.24) is 0 Å². The number of furan rings is 1. The monoisotopic (exact) mass is 472 g/mol. The Morgan fingerprint density at radius 2 is 1.61 bits per heavy atom. The van der Waals surface area contributed by atoms with Crippen molar-refractivity contribution >= 4 is 33.2 Å². The summed E-state index contributed by atoms with van der Waals surface area (Å²) in [5.74, 6) is 1.39. The van der Waals surface area contributed by atoms with E-state index in [1.807, 2.05) is 86.6 Å². The van der Waals surface area contributed by atoms with Gasteiger partial charge < -0.3 is 9.73 Å². The van der Waals surface area contributed by atoms with Gasteiger partial charge in [0.1, 0.15) is 11.5 Å². The van der Waals surface area contributed by atoms with Crippen LogP contribution in [-0.4, -0.2) is 5.91 Å². The standard InChI is InChI=1S/C26H21BrN2O2/c1-16-13-17(2)15-20(14-16)29-25(28-22-6-4-3-5-21(22)26(29)30)24-12-11-23(31-24)18-7-9-19(27)10-8-18/h3-15,25,28H,1-2H3. The van der Waals surface area contributed by atoms with Gasteiger partial charge in [0, 0.05) is 21.4 Å². The molecule has 5 heteroatoms. The zero-order chi connectivity index (χ0) is 21.5. The Bertz CT molecular complexity index is 1260. The van der Waals surface area contributed by atoms with Crippen LogP contribution in [0.15, 0.2) is 87.8 Å². The van der Waals surface area contributed by atoms with Crippen LogP contribution in [0.4, 0.5) is 11.4 Å². The minimum Gasteiger partial charge on any atom is -0.457 e. The normalized spacial score (nSPS) is 15.5. The van der Waals surface area contributed by atoms with E-state index in [9.17, 15) is 4.79 Å². The zero-order valence-corrected chi connectivity index (χ0v) is 18.8. The highest BCUT2D eigenvalue weighted by Gasteiger charge is 2.36. The number of aryl methyl sites for hydroxylation is 2. The van der Waals surface area contributed by atoms with Crippen molar-refractivity contribution in [1.29, 1.82) is 0 Å². The molecule has 0 radical (unpaired) electrons. The first-order valence-electron chi connectivity index (χ1n) is 10.1. The van der Waals surface area contributed by atoms with Gasteiger partial charge in [-0.2, -0.15) is 0 Å². The highest BCUT2D eigenvalue weighted by molar-refractivity contribution is 9.10. The van der Waals surface area contributed by atoms with E-state index in [1.165, 1.54) is 0 Å². The van der Waals surface area contributed by atoms with Gasteiger partial charge in [-0.15, -0.1) is 0 Å². The van der Waals surface area contributed by atoms with E-state index in [4.69, 9.17) is 4.42 Å². The van der Waals surface area contributed by atoms with Gasteiger partial charge in [-0.3, -0.25) is 9.69 Å². The van der Waals surface area contributed by atoms with Crippen LogP contribution in [0.5, 0.6) is 0 Å². The second-order valence-electron chi connectivity index (χ2n) is 7.82. The number of carbonyl (C=O) groups is 1. The molecule has 31 heavy (non-hydrogen) atoms. The van der Waals surface area contributed by atoms with Crippen LogP contribution in [-0.2, 0) is 0 Å². The van der Waals surface area contributed by atoms with Gasteiger partial charge in [0.05, 0.1) is 5.56 Å². The number of anilines is 2. The van der Waals surface area contributed by atoms with Crippen LogP contribution in [0.2, 0.25) is 0 Å². The van der Waals surface area contributed by atoms with Crippen molar-refractivity contribution < 1.29 is 9.21 Å². The second kappa shape index (κ2) is 7.75. The number of hydrogen-bond donors (Lipinski definition) is 1. The fraction of sp³-hybridized carbons (Fsp3) is 0.115. The highest BCUT2D eigenvalue weighted by atomic mass is 79.9. The first-order valence-corrected chi connectivity index (χ1v) is 10.9. The van der Waals surface area contributed by atoms with Crippen LogP contribution in [0.25, 0.3) is 11.3 Å². The molecule has 0 spiro atoms. The molecule has 4 nitrogen and oxygen atoms in total. The summed E-state index contributed by atoms with van der Waals surface area (Å²) < 4.78 is 7.27. The van der Waals surface area contributed by atoms with Gasteiger partial charge in [0.25, 0.3) is 5.91 Å². The molecule has 1 N–H and O–H groups in total. The van der Waals surface area contributed by atoms with Gasteiger partial charge >= 0.3 is 0 Å². The smallest absolute Gasteiger partial charge is 0.262 e. The van der Waals surface area contributed by atoms with Gasteiger partial charge in [-0.1, -0.05) is 46.3 Å². The summed E-state index contributed by atoms with van der Waals surface area (Å²) in [6, 6.07) is 25.6. The lowest BCUT2D eigenvalue weighted by atomic mass is 10.0. The lowest BCUT2D eigenvalue weighted by molar-refractivity contribution is 0.0972. The first kappa shape index (κ1) is 19.6. The Hall–Kier alpha value is -3.31. The summed E-state index contributed by atoms with van der Waals surface area (Å²) in [6.07, 6.45) is -0.451. The van der Waals surface area contributed by atoms with Crippen molar-refractivity contribution in [2.24, 2.45) is 0 Å². The maximum Gasteiger partial charge on any atom is 0.262 e. The fourth-order valence-electron chi connectivity index (χ4n) is 4.08. The number of halogens is 1. The number of nitrogens with one attached hydrogen (secondary N) is 1. The largest absolute Gasteiger partial charge is 0.457 e. The molecule has 1 aliphatic heterocycles. The predicted molar refractivity (Wildman–Crippen MR) is 127 cm³/mol. The van der Waals surface area contributed by atoms with E-state index in [-0.39, 0.29) is 5.91 Å². The SMILES string of the molecule is Cc1cc(C)cc(N2C(=O)c3ccccc3NC2c2ccc(-c3ccc(Br)cc3)o2)c1. The van der Waals surface area contributed by atoms with Crippen molar-refractivity contribution in [3.8, 4) is 11.3 Å². The Labute approximate surface area is 189 Å². The molecule has 1 aromatic heterocycles. The summed E-state index contributed by atoms with van der Waals surface area (Å²) in [5, 5.41) is 3.51. The third-order valence-electron chi connectivity index (χ3n) is 5.44. The molecule has 0 saturated heterocycles. The molecule has 154 valence electrons. The van der Waals surface area contributed by atoms with E-state index < -0.39 is 6.17 Å². The lowest BCUT2D eigenvalue weighted by Gasteiger charge is -2.37. The molecule has 1 amide bonds. The topological polar surface area (TPSA) is 45.5 Å². The molecule has 0 fully saturated rings. The molecular weight excluding hydrogens is 452 g/mol. The number of rotatable bonds is 3. The van der Waals surface area contributed by atoms with Gasteiger partial charge in [-0.25, -0.2) is 0 Å². The third kappa shape index (κ3) is 3.66. The van der Waals surface area contributed by atoms with Crippen LogP contribution in [0.3, 0.4) is 0 Å². The van der Waals surface area contributed by atoms with Crippen LogP contribution in [0.1, 0.15) is 33.4 Å². The van der Waals surface area contributed by atoms with Crippen molar-refractivity contribution in [3.05, 3.63) is 106 Å². The zero-order valence-electron chi connectivity index (χ0n) is 17.2. The molecule has 5 rings (SSSR count). The number of carbonyl (C=O) groups excluding carboxylic acids is 1. The van der Waals surface area contributed by atoms with E-state index in [0.717, 1.165) is 38.3 Å². The minimum absolute atomic E-state index is 0.0501. The molecule has 2 heterocycles. The van der Waals surface area contributed by atoms with E-state index >= 15 is 0 Å². The fourth-order valence-corrected chi connectivity index (χ4v) is 4.34. The van der Waals surface area contributed by atoms with Crippen molar-refractivity contribution in [3.63, 3.8) is 0 Å². The summed E-state index contributed by atoms with van der Waals surface area (Å²) >= 11 is 3.47. The first-order chi connectivity index (χ1) is 15.0. The Kier molecular flexibility index (Phi) is 4.91.